The van der Waals surface area contributed by atoms with Crippen LogP contribution in [0.4, 0.5) is 10.5 Å². The van der Waals surface area contributed by atoms with Crippen molar-refractivity contribution in [3.63, 3.8) is 0 Å². The molecule has 0 unspecified atom stereocenters. The van der Waals surface area contributed by atoms with E-state index in [-0.39, 0.29) is 12.5 Å². The molecule has 1 N–H and O–H groups in total. The Labute approximate surface area is 153 Å². The molecule has 134 valence electrons. The first-order valence-electron chi connectivity index (χ1n) is 8.24. The highest BCUT2D eigenvalue weighted by atomic mass is 32.2. The summed E-state index contributed by atoms with van der Waals surface area (Å²) in [7, 11) is 0. The van der Waals surface area contributed by atoms with Gasteiger partial charge in [0.1, 0.15) is 12.4 Å². The molecule has 0 aromatic heterocycles. The van der Waals surface area contributed by atoms with Gasteiger partial charge in [-0.3, -0.25) is 10.0 Å². The summed E-state index contributed by atoms with van der Waals surface area (Å²) in [5, 5.41) is 10.7. The predicted octanol–water partition coefficient (Wildman–Crippen LogP) is 5.68. The Morgan fingerprint density at radius 2 is 1.96 bits per heavy atom. The van der Waals surface area contributed by atoms with Crippen LogP contribution in [0.15, 0.2) is 36.4 Å². The average molecular weight is 359 g/mol. The predicted molar refractivity (Wildman–Crippen MR) is 104 cm³/mol. The second-order valence-electron chi connectivity index (χ2n) is 6.35. The lowest BCUT2D eigenvalue weighted by Gasteiger charge is -2.23. The maximum absolute atomic E-state index is 12.0. The summed E-state index contributed by atoms with van der Waals surface area (Å²) in [6.07, 6.45) is 1.65. The van der Waals surface area contributed by atoms with Crippen molar-refractivity contribution in [3.8, 4) is 5.75 Å². The molecule has 2 rings (SSSR count). The van der Waals surface area contributed by atoms with Gasteiger partial charge in [0.25, 0.3) is 0 Å². The number of ether oxygens (including phenoxy) is 1. The van der Waals surface area contributed by atoms with E-state index in [9.17, 15) is 10.0 Å². The van der Waals surface area contributed by atoms with Crippen LogP contribution in [0.2, 0.25) is 0 Å². The lowest BCUT2D eigenvalue weighted by atomic mass is 9.97. The quantitative estimate of drug-likeness (QED) is 0.551. The number of carbonyl (C=O) groups excluding carboxylic acids is 1. The number of benzene rings is 2. The number of rotatable bonds is 5. The van der Waals surface area contributed by atoms with Crippen LogP contribution in [0.1, 0.15) is 42.0 Å². The summed E-state index contributed by atoms with van der Waals surface area (Å²) >= 11 is 0.972. The van der Waals surface area contributed by atoms with Crippen LogP contribution < -0.4 is 9.80 Å². The molecule has 0 aliphatic rings. The average Bonchev–Trinajstić information content (AvgIpc) is 2.59. The van der Waals surface area contributed by atoms with E-state index in [2.05, 4.69) is 6.07 Å². The number of hydrogen-bond donors (Lipinski definition) is 1. The number of hydrogen-bond acceptors (Lipinski definition) is 4. The normalized spacial score (nSPS) is 10.8. The van der Waals surface area contributed by atoms with Gasteiger partial charge in [0.05, 0.1) is 5.69 Å². The molecule has 0 aliphatic carbocycles. The van der Waals surface area contributed by atoms with Gasteiger partial charge in [0, 0.05) is 5.56 Å². The molecule has 0 heterocycles. The van der Waals surface area contributed by atoms with Crippen molar-refractivity contribution in [2.45, 2.75) is 40.2 Å². The van der Waals surface area contributed by atoms with Crippen LogP contribution in [0.5, 0.6) is 5.75 Å². The van der Waals surface area contributed by atoms with Gasteiger partial charge in [-0.15, -0.1) is 0 Å². The molecular formula is C20H25NO3S. The molecule has 1 amide bonds. The van der Waals surface area contributed by atoms with E-state index in [4.69, 9.17) is 4.74 Å². The highest BCUT2D eigenvalue weighted by molar-refractivity contribution is 8.13. The molecule has 25 heavy (non-hydrogen) atoms. The molecular weight excluding hydrogens is 334 g/mol. The Morgan fingerprint density at radius 3 is 2.56 bits per heavy atom. The third kappa shape index (κ3) is 4.55. The minimum absolute atomic E-state index is 0.167. The van der Waals surface area contributed by atoms with E-state index < -0.39 is 5.24 Å². The summed E-state index contributed by atoms with van der Waals surface area (Å²) < 4.78 is 5.96. The Balaban J connectivity index is 2.36. The zero-order chi connectivity index (χ0) is 18.6. The standard InChI is InChI=1S/C20H25NO3S/c1-13(2)17-8-6-7-16(19(17)21(23)20(22)25-5)12-24-18-10-9-14(3)11-15(18)4/h6-11,13,23H,12H2,1-5H3. The lowest BCUT2D eigenvalue weighted by molar-refractivity contribution is 0.223. The monoisotopic (exact) mass is 359 g/mol. The number of thioether (sulfide) groups is 1. The Bertz CT molecular complexity index is 759. The van der Waals surface area contributed by atoms with Gasteiger partial charge in [-0.1, -0.05) is 61.5 Å². The summed E-state index contributed by atoms with van der Waals surface area (Å²) in [6, 6.07) is 11.7. The fourth-order valence-corrected chi connectivity index (χ4v) is 3.01. The van der Waals surface area contributed by atoms with Gasteiger partial charge in [0.2, 0.25) is 0 Å². The number of hydroxylamine groups is 1. The molecule has 0 saturated heterocycles. The molecule has 0 radical (unpaired) electrons. The van der Waals surface area contributed by atoms with Crippen molar-refractivity contribution in [2.24, 2.45) is 0 Å². The molecule has 0 aliphatic heterocycles. The summed E-state index contributed by atoms with van der Waals surface area (Å²) in [5.74, 6) is 0.965. The highest BCUT2D eigenvalue weighted by Crippen LogP contribution is 2.33. The summed E-state index contributed by atoms with van der Waals surface area (Å²) in [5.41, 5.74) is 4.44. The third-order valence-corrected chi connectivity index (χ3v) is 4.57. The number of aryl methyl sites for hydroxylation is 2. The van der Waals surface area contributed by atoms with E-state index in [1.54, 1.807) is 6.26 Å². The van der Waals surface area contributed by atoms with Crippen LogP contribution in [-0.4, -0.2) is 16.7 Å². The number of carbonyl (C=O) groups is 1. The number of anilines is 1. The second-order valence-corrected chi connectivity index (χ2v) is 7.11. The zero-order valence-electron chi connectivity index (χ0n) is 15.4. The molecule has 4 nitrogen and oxygen atoms in total. The van der Waals surface area contributed by atoms with Crippen LogP contribution in [0, 0.1) is 13.8 Å². The van der Waals surface area contributed by atoms with Crippen molar-refractivity contribution in [1.29, 1.82) is 0 Å². The van der Waals surface area contributed by atoms with Crippen LogP contribution >= 0.6 is 11.8 Å². The SMILES string of the molecule is CSC(=O)N(O)c1c(COc2ccc(C)cc2C)cccc1C(C)C. The Hall–Kier alpha value is -1.98. The Kier molecular flexibility index (Phi) is 6.51. The van der Waals surface area contributed by atoms with E-state index in [0.29, 0.717) is 5.69 Å². The van der Waals surface area contributed by atoms with E-state index in [1.165, 1.54) is 5.56 Å². The van der Waals surface area contributed by atoms with Crippen molar-refractivity contribution in [3.05, 3.63) is 58.7 Å². The molecule has 0 fully saturated rings. The fourth-order valence-electron chi connectivity index (χ4n) is 2.75. The molecule has 0 bridgehead atoms. The number of para-hydroxylation sites is 1. The number of amides is 1. The van der Waals surface area contributed by atoms with Gasteiger partial charge in [-0.2, -0.15) is 5.06 Å². The maximum atomic E-state index is 12.0. The fraction of sp³-hybridized carbons (Fsp3) is 0.350. The first-order valence-corrected chi connectivity index (χ1v) is 9.46. The van der Waals surface area contributed by atoms with Gasteiger partial charge >= 0.3 is 5.24 Å². The third-order valence-electron chi connectivity index (χ3n) is 4.05. The molecule has 2 aromatic rings. The Morgan fingerprint density at radius 1 is 1.24 bits per heavy atom. The molecule has 2 aromatic carbocycles. The molecule has 5 heteroatoms. The molecule has 0 spiro atoms. The van der Waals surface area contributed by atoms with Gasteiger partial charge in [-0.25, -0.2) is 0 Å². The second kappa shape index (κ2) is 8.41. The smallest absolute Gasteiger partial charge is 0.309 e. The van der Waals surface area contributed by atoms with Crippen molar-refractivity contribution in [1.82, 2.24) is 0 Å². The van der Waals surface area contributed by atoms with Crippen molar-refractivity contribution < 1.29 is 14.7 Å². The minimum atomic E-state index is -0.416. The minimum Gasteiger partial charge on any atom is -0.489 e. The summed E-state index contributed by atoms with van der Waals surface area (Å²) in [4.78, 5) is 12.0. The topological polar surface area (TPSA) is 49.8 Å². The highest BCUT2D eigenvalue weighted by Gasteiger charge is 2.21. The maximum Gasteiger partial charge on any atom is 0.309 e. The first-order chi connectivity index (χ1) is 11.8. The van der Waals surface area contributed by atoms with Crippen LogP contribution in [0.3, 0.4) is 0 Å². The summed E-state index contributed by atoms with van der Waals surface area (Å²) in [6.45, 7) is 8.39. The van der Waals surface area contributed by atoms with E-state index >= 15 is 0 Å². The van der Waals surface area contributed by atoms with Crippen LogP contribution in [-0.2, 0) is 6.61 Å². The van der Waals surface area contributed by atoms with Crippen molar-refractivity contribution in [2.75, 3.05) is 11.3 Å². The first kappa shape index (κ1) is 19.3. The molecule has 0 saturated carbocycles. The largest absolute Gasteiger partial charge is 0.489 e. The molecule has 0 atom stereocenters. The van der Waals surface area contributed by atoms with Crippen LogP contribution in [0.25, 0.3) is 0 Å². The van der Waals surface area contributed by atoms with Crippen molar-refractivity contribution >= 4 is 22.7 Å². The van der Waals surface area contributed by atoms with E-state index in [0.717, 1.165) is 39.3 Å². The van der Waals surface area contributed by atoms with Gasteiger partial charge < -0.3 is 4.74 Å². The van der Waals surface area contributed by atoms with Gasteiger partial charge in [-0.05, 0) is 43.2 Å². The number of nitrogens with zero attached hydrogens (tertiary/aromatic N) is 1. The zero-order valence-corrected chi connectivity index (χ0v) is 16.2. The van der Waals surface area contributed by atoms with Gasteiger partial charge in [0.15, 0.2) is 0 Å². The lowest BCUT2D eigenvalue weighted by Crippen LogP contribution is -2.25. The van der Waals surface area contributed by atoms with E-state index in [1.807, 2.05) is 58.0 Å².